The fourth-order valence-electron chi connectivity index (χ4n) is 4.29. The predicted octanol–water partition coefficient (Wildman–Crippen LogP) is 2.68. The lowest BCUT2D eigenvalue weighted by Gasteiger charge is -2.27. The average molecular weight is 398 g/mol. The zero-order valence-electron chi connectivity index (χ0n) is 15.4. The molecule has 2 fully saturated rings. The van der Waals surface area contributed by atoms with Gasteiger partial charge >= 0.3 is 5.97 Å². The lowest BCUT2D eigenvalue weighted by molar-refractivity contribution is -0.142. The molecule has 3 heterocycles. The molecule has 2 aliphatic rings. The van der Waals surface area contributed by atoms with Crippen LogP contribution in [0.4, 0.5) is 0 Å². The van der Waals surface area contributed by atoms with Gasteiger partial charge in [0, 0.05) is 25.6 Å². The van der Waals surface area contributed by atoms with Crippen molar-refractivity contribution >= 4 is 29.1 Å². The van der Waals surface area contributed by atoms with Gasteiger partial charge in [-0.15, -0.1) is 11.3 Å². The quantitative estimate of drug-likeness (QED) is 0.859. The third kappa shape index (κ3) is 3.42. The van der Waals surface area contributed by atoms with Crippen LogP contribution < -0.4 is 0 Å². The van der Waals surface area contributed by atoms with Crippen LogP contribution in [0, 0.1) is 5.92 Å². The normalized spacial score (nSPS) is 24.5. The molecular formula is C21H22N2O4S. The van der Waals surface area contributed by atoms with Crippen molar-refractivity contribution in [1.82, 2.24) is 9.80 Å². The van der Waals surface area contributed by atoms with Gasteiger partial charge in [-0.3, -0.25) is 14.4 Å². The maximum Gasteiger partial charge on any atom is 0.308 e. The van der Waals surface area contributed by atoms with Gasteiger partial charge < -0.3 is 14.9 Å². The minimum absolute atomic E-state index is 0.112. The zero-order chi connectivity index (χ0) is 19.7. The molecule has 4 rings (SSSR count). The first-order chi connectivity index (χ1) is 13.6. The zero-order valence-corrected chi connectivity index (χ0v) is 16.2. The Morgan fingerprint density at radius 3 is 2.50 bits per heavy atom. The number of aliphatic carboxylic acids is 1. The van der Waals surface area contributed by atoms with E-state index in [1.165, 1.54) is 11.3 Å². The molecule has 0 spiro atoms. The Hall–Kier alpha value is -2.67. The fraction of sp³-hybridized carbons (Fsp3) is 0.381. The van der Waals surface area contributed by atoms with Crippen molar-refractivity contribution in [2.75, 3.05) is 19.6 Å². The Balaban J connectivity index is 1.53. The number of carboxylic acid groups (broad SMARTS) is 1. The van der Waals surface area contributed by atoms with Crippen LogP contribution in [0.5, 0.6) is 0 Å². The van der Waals surface area contributed by atoms with E-state index in [1.54, 1.807) is 15.9 Å². The van der Waals surface area contributed by atoms with Gasteiger partial charge in [0.1, 0.15) is 6.04 Å². The third-order valence-corrected chi connectivity index (χ3v) is 6.57. The molecule has 3 atom stereocenters. The van der Waals surface area contributed by atoms with Gasteiger partial charge in [0.25, 0.3) is 5.91 Å². The average Bonchev–Trinajstić information content (AvgIpc) is 3.48. The van der Waals surface area contributed by atoms with Crippen molar-refractivity contribution in [2.24, 2.45) is 5.92 Å². The second kappa shape index (κ2) is 7.75. The molecule has 0 saturated carbocycles. The molecule has 2 aliphatic heterocycles. The predicted molar refractivity (Wildman–Crippen MR) is 105 cm³/mol. The molecule has 146 valence electrons. The van der Waals surface area contributed by atoms with E-state index < -0.39 is 17.9 Å². The van der Waals surface area contributed by atoms with E-state index in [2.05, 4.69) is 0 Å². The van der Waals surface area contributed by atoms with E-state index in [-0.39, 0.29) is 24.3 Å². The van der Waals surface area contributed by atoms with Crippen LogP contribution in [0.2, 0.25) is 0 Å². The summed E-state index contributed by atoms with van der Waals surface area (Å²) < 4.78 is 0. The molecule has 6 nitrogen and oxygen atoms in total. The number of rotatable bonds is 4. The number of carbonyl (C=O) groups is 3. The van der Waals surface area contributed by atoms with Crippen molar-refractivity contribution in [3.8, 4) is 0 Å². The van der Waals surface area contributed by atoms with Gasteiger partial charge in [-0.2, -0.15) is 0 Å². The first-order valence-corrected chi connectivity index (χ1v) is 10.3. The lowest BCUT2D eigenvalue weighted by atomic mass is 9.89. The third-order valence-electron chi connectivity index (χ3n) is 5.71. The lowest BCUT2D eigenvalue weighted by Crippen LogP contribution is -2.47. The first kappa shape index (κ1) is 18.7. The second-order valence-electron chi connectivity index (χ2n) is 7.34. The Kier molecular flexibility index (Phi) is 5.17. The molecule has 2 saturated heterocycles. The molecular weight excluding hydrogens is 376 g/mol. The van der Waals surface area contributed by atoms with E-state index in [9.17, 15) is 19.5 Å². The number of amides is 2. The van der Waals surface area contributed by atoms with Gasteiger partial charge in [-0.05, 0) is 29.9 Å². The van der Waals surface area contributed by atoms with Gasteiger partial charge in [0.05, 0.1) is 10.8 Å². The summed E-state index contributed by atoms with van der Waals surface area (Å²) in [7, 11) is 0. The van der Waals surface area contributed by atoms with Crippen LogP contribution in [0.15, 0.2) is 47.8 Å². The van der Waals surface area contributed by atoms with Crippen LogP contribution in [-0.4, -0.2) is 58.4 Å². The molecule has 0 aliphatic carbocycles. The van der Waals surface area contributed by atoms with Crippen LogP contribution in [0.3, 0.4) is 0 Å². The fourth-order valence-corrected chi connectivity index (χ4v) is 4.97. The number of carbonyl (C=O) groups excluding carboxylic acids is 2. The smallest absolute Gasteiger partial charge is 0.308 e. The number of likely N-dealkylation sites (tertiary alicyclic amines) is 2. The Bertz CT molecular complexity index is 868. The highest BCUT2D eigenvalue weighted by molar-refractivity contribution is 7.12. The van der Waals surface area contributed by atoms with E-state index in [1.807, 2.05) is 41.8 Å². The topological polar surface area (TPSA) is 77.9 Å². The minimum atomic E-state index is -0.887. The maximum atomic E-state index is 13.2. The second-order valence-corrected chi connectivity index (χ2v) is 8.29. The molecule has 2 amide bonds. The summed E-state index contributed by atoms with van der Waals surface area (Å²) in [6, 6.07) is 12.6. The molecule has 0 radical (unpaired) electrons. The molecule has 7 heteroatoms. The number of thiophene rings is 1. The van der Waals surface area contributed by atoms with Crippen LogP contribution in [-0.2, 0) is 9.59 Å². The van der Waals surface area contributed by atoms with Crippen molar-refractivity contribution in [1.29, 1.82) is 0 Å². The van der Waals surface area contributed by atoms with Gasteiger partial charge in [0.15, 0.2) is 0 Å². The Morgan fingerprint density at radius 2 is 1.82 bits per heavy atom. The molecule has 1 N–H and O–H groups in total. The minimum Gasteiger partial charge on any atom is -0.481 e. The highest BCUT2D eigenvalue weighted by Gasteiger charge is 2.44. The van der Waals surface area contributed by atoms with Crippen LogP contribution in [0.1, 0.15) is 34.0 Å². The maximum absolute atomic E-state index is 13.2. The van der Waals surface area contributed by atoms with Gasteiger partial charge in [0.2, 0.25) is 5.91 Å². The number of nitrogens with zero attached hydrogens (tertiary/aromatic N) is 2. The highest BCUT2D eigenvalue weighted by atomic mass is 32.1. The first-order valence-electron chi connectivity index (χ1n) is 9.47. The van der Waals surface area contributed by atoms with Crippen molar-refractivity contribution in [3.63, 3.8) is 0 Å². The van der Waals surface area contributed by atoms with E-state index >= 15 is 0 Å². The summed E-state index contributed by atoms with van der Waals surface area (Å²) in [6.07, 6.45) is 1.41. The molecule has 1 aromatic heterocycles. The monoisotopic (exact) mass is 398 g/mol. The standard InChI is InChI=1S/C21H22N2O4S/c24-19(17-8-4-10-23(17)20(25)18-9-5-11-28-18)22-12-15(16(13-22)21(26)27)14-6-2-1-3-7-14/h1-3,5-7,9,11,15-17H,4,8,10,12-13H2,(H,26,27)/t15-,16-,17?/m1/s1. The van der Waals surface area contributed by atoms with Crippen LogP contribution >= 0.6 is 11.3 Å². The summed E-state index contributed by atoms with van der Waals surface area (Å²) in [5, 5.41) is 11.5. The van der Waals surface area contributed by atoms with Crippen LogP contribution in [0.25, 0.3) is 0 Å². The summed E-state index contributed by atoms with van der Waals surface area (Å²) >= 11 is 1.37. The summed E-state index contributed by atoms with van der Waals surface area (Å²) in [5.74, 6) is -1.99. The highest BCUT2D eigenvalue weighted by Crippen LogP contribution is 2.34. The SMILES string of the molecule is O=C(O)[C@@H]1CN(C(=O)C2CCCN2C(=O)c2cccs2)C[C@@H]1c1ccccc1. The summed E-state index contributed by atoms with van der Waals surface area (Å²) in [6.45, 7) is 1.12. The Morgan fingerprint density at radius 1 is 1.04 bits per heavy atom. The summed E-state index contributed by atoms with van der Waals surface area (Å²) in [4.78, 5) is 41.7. The van der Waals surface area contributed by atoms with Crippen molar-refractivity contribution in [2.45, 2.75) is 24.8 Å². The molecule has 1 unspecified atom stereocenters. The molecule has 0 bridgehead atoms. The number of hydrogen-bond acceptors (Lipinski definition) is 4. The molecule has 1 aromatic carbocycles. The van der Waals surface area contributed by atoms with E-state index in [0.717, 1.165) is 12.0 Å². The van der Waals surface area contributed by atoms with Crippen molar-refractivity contribution < 1.29 is 19.5 Å². The molecule has 28 heavy (non-hydrogen) atoms. The van der Waals surface area contributed by atoms with Gasteiger partial charge in [-0.25, -0.2) is 0 Å². The summed E-state index contributed by atoms with van der Waals surface area (Å²) in [5.41, 5.74) is 0.933. The van der Waals surface area contributed by atoms with E-state index in [0.29, 0.717) is 24.4 Å². The van der Waals surface area contributed by atoms with Gasteiger partial charge in [-0.1, -0.05) is 36.4 Å². The number of carboxylic acids is 1. The Labute approximate surface area is 167 Å². The largest absolute Gasteiger partial charge is 0.481 e. The molecule has 2 aromatic rings. The van der Waals surface area contributed by atoms with E-state index in [4.69, 9.17) is 0 Å². The van der Waals surface area contributed by atoms with Crippen molar-refractivity contribution in [3.05, 3.63) is 58.3 Å². The number of benzene rings is 1. The number of hydrogen-bond donors (Lipinski definition) is 1.